The first-order chi connectivity index (χ1) is 13.7. The second-order valence-corrected chi connectivity index (χ2v) is 12.3. The van der Waals surface area contributed by atoms with Gasteiger partial charge >= 0.3 is 7.57 Å². The van der Waals surface area contributed by atoms with E-state index in [1.165, 1.54) is 83.5 Å². The topological polar surface area (TPSA) is 24.9 Å². The van der Waals surface area contributed by atoms with Crippen LogP contribution in [0.3, 0.4) is 0 Å². The van der Waals surface area contributed by atoms with Crippen LogP contribution in [0.5, 0.6) is 0 Å². The van der Waals surface area contributed by atoms with Gasteiger partial charge < -0.3 is 9.47 Å². The van der Waals surface area contributed by atoms with Crippen molar-refractivity contribution in [2.75, 3.05) is 40.5 Å². The van der Waals surface area contributed by atoms with Gasteiger partial charge in [-0.05, 0) is 38.5 Å². The predicted octanol–water partition coefficient (Wildman–Crippen LogP) is 5.03. The van der Waals surface area contributed by atoms with E-state index < -0.39 is 7.44 Å². The summed E-state index contributed by atoms with van der Waals surface area (Å²) in [4.78, 5) is 0. The summed E-state index contributed by atoms with van der Waals surface area (Å²) in [5.41, 5.74) is 0.696. The van der Waals surface area contributed by atoms with Gasteiger partial charge in [0.25, 0.3) is 0 Å². The summed E-state index contributed by atoms with van der Waals surface area (Å²) < 4.78 is 16.3. The predicted molar refractivity (Wildman–Crippen MR) is 121 cm³/mol. The van der Waals surface area contributed by atoms with Crippen molar-refractivity contribution >= 4 is 15.0 Å². The van der Waals surface area contributed by atoms with Crippen molar-refractivity contribution in [2.24, 2.45) is 0 Å². The number of methoxy groups -OCH3 is 2. The molecule has 0 N–H and O–H groups in total. The van der Waals surface area contributed by atoms with E-state index >= 15 is 0 Å². The largest absolute Gasteiger partial charge is 0.409 e. The summed E-state index contributed by atoms with van der Waals surface area (Å²) in [6.07, 6.45) is 18.2. The Morgan fingerprint density at radius 1 is 0.690 bits per heavy atom. The van der Waals surface area contributed by atoms with Crippen LogP contribution in [-0.2, 0) is 26.5 Å². The Kier molecular flexibility index (Phi) is 12.1. The van der Waals surface area contributed by atoms with Crippen molar-refractivity contribution in [1.82, 2.24) is 9.34 Å². The average Bonchev–Trinajstić information content (AvgIpc) is 3.48. The first-order valence-corrected chi connectivity index (χ1v) is 13.8. The molecule has 168 valence electrons. The molecular weight excluding hydrogens is 422 g/mol. The molecule has 0 amide bonds. The maximum Gasteiger partial charge on any atom is 0.409 e. The molecule has 4 aliphatic rings. The normalized spacial score (nSPS) is 33.2. The molecule has 1 heterocycles. The van der Waals surface area contributed by atoms with Gasteiger partial charge in [0, 0.05) is 31.3 Å². The Balaban J connectivity index is 0.000000437. The van der Waals surface area contributed by atoms with E-state index in [-0.39, 0.29) is 17.1 Å². The molecule has 4 fully saturated rings. The van der Waals surface area contributed by atoms with Crippen LogP contribution in [0.1, 0.15) is 83.5 Å². The third-order valence-corrected chi connectivity index (χ3v) is 11.7. The molecule has 2 atom stereocenters. The van der Waals surface area contributed by atoms with Crippen LogP contribution in [0.4, 0.5) is 0 Å². The zero-order valence-corrected chi connectivity index (χ0v) is 20.8. The van der Waals surface area contributed by atoms with Crippen LogP contribution in [0.15, 0.2) is 0 Å². The van der Waals surface area contributed by atoms with Gasteiger partial charge in [-0.25, -0.2) is 0 Å². The molecule has 0 bridgehead atoms. The third kappa shape index (κ3) is 6.22. The summed E-state index contributed by atoms with van der Waals surface area (Å²) in [6, 6.07) is 1.30. The van der Waals surface area contributed by atoms with Gasteiger partial charge in [-0.15, -0.1) is 0 Å². The molecule has 2 radical (unpaired) electrons. The maximum atomic E-state index is 7.35. The van der Waals surface area contributed by atoms with E-state index in [1.807, 2.05) is 14.2 Å². The SMILES string of the molecule is C1CCCC1.[B][P+]1(C2CCCC2)N(CCOC)C2CCCCC2N1CCOC.[Fe]. The first-order valence-electron chi connectivity index (χ1n) is 11.9. The molecule has 29 heavy (non-hydrogen) atoms. The monoisotopic (exact) mass is 465 g/mol. The number of fused-ring (bicyclic) bond motifs is 1. The molecule has 0 aromatic rings. The number of rotatable bonds is 7. The molecule has 1 aliphatic heterocycles. The first kappa shape index (κ1) is 26.1. The number of nitrogens with zero attached hydrogens (tertiary/aromatic N) is 2. The Bertz CT molecular complexity index is 421. The van der Waals surface area contributed by atoms with Gasteiger partial charge in [0.05, 0.1) is 44.0 Å². The minimum absolute atomic E-state index is 0. The van der Waals surface area contributed by atoms with E-state index in [1.54, 1.807) is 0 Å². The standard InChI is InChI=1S/C17H33BN2O2P.C5H10.Fe/c1-21-13-11-19-16-9-5-6-10-17(16)20(12-14-22-2)23(19,18)15-7-3-4-8-15;1-2-4-5-3-1;/h15-17H,3-14H2,1-2H3;1-5H2;/q+1;;. The van der Waals surface area contributed by atoms with Crippen molar-refractivity contribution in [1.29, 1.82) is 0 Å². The molecule has 1 saturated heterocycles. The summed E-state index contributed by atoms with van der Waals surface area (Å²) in [6.45, 7) is 3.60. The van der Waals surface area contributed by atoms with Crippen molar-refractivity contribution in [3.63, 3.8) is 0 Å². The second-order valence-electron chi connectivity index (χ2n) is 9.14. The Morgan fingerprint density at radius 3 is 1.45 bits per heavy atom. The van der Waals surface area contributed by atoms with Gasteiger partial charge in [-0.2, -0.15) is 9.34 Å². The van der Waals surface area contributed by atoms with Crippen molar-refractivity contribution in [2.45, 2.75) is 101 Å². The molecule has 2 unspecified atom stereocenters. The van der Waals surface area contributed by atoms with E-state index in [4.69, 9.17) is 17.0 Å². The Labute approximate surface area is 192 Å². The Hall–Kier alpha value is 0.854. The summed E-state index contributed by atoms with van der Waals surface area (Å²) in [5.74, 6) is 0. The minimum Gasteiger partial charge on any atom is -0.383 e. The van der Waals surface area contributed by atoms with Gasteiger partial charge in [0.2, 0.25) is 0 Å². The summed E-state index contributed by atoms with van der Waals surface area (Å²) in [7, 11) is 9.22. The molecule has 3 saturated carbocycles. The van der Waals surface area contributed by atoms with Crippen LogP contribution in [0, 0.1) is 0 Å². The van der Waals surface area contributed by atoms with Crippen LogP contribution >= 0.6 is 7.44 Å². The molecule has 0 aromatic carbocycles. The van der Waals surface area contributed by atoms with Crippen molar-refractivity contribution in [3.8, 4) is 0 Å². The van der Waals surface area contributed by atoms with E-state index in [0.717, 1.165) is 26.3 Å². The number of ether oxygens (including phenoxy) is 2. The average molecular weight is 465 g/mol. The molecule has 0 spiro atoms. The Morgan fingerprint density at radius 2 is 1.07 bits per heavy atom. The quantitative estimate of drug-likeness (QED) is 0.389. The smallest absolute Gasteiger partial charge is 0.383 e. The fourth-order valence-electron chi connectivity index (χ4n) is 6.02. The van der Waals surface area contributed by atoms with Crippen LogP contribution in [0.2, 0.25) is 0 Å². The molecule has 3 aliphatic carbocycles. The fourth-order valence-corrected chi connectivity index (χ4v) is 10.6. The zero-order valence-electron chi connectivity index (χ0n) is 18.8. The fraction of sp³-hybridized carbons (Fsp3) is 1.00. The summed E-state index contributed by atoms with van der Waals surface area (Å²) >= 11 is 0. The van der Waals surface area contributed by atoms with Crippen molar-refractivity contribution in [3.05, 3.63) is 0 Å². The van der Waals surface area contributed by atoms with Gasteiger partial charge in [0.1, 0.15) is 7.44 Å². The maximum absolute atomic E-state index is 7.35. The third-order valence-electron chi connectivity index (χ3n) is 7.44. The van der Waals surface area contributed by atoms with E-state index in [9.17, 15) is 0 Å². The molecule has 7 heteroatoms. The van der Waals surface area contributed by atoms with Crippen molar-refractivity contribution < 1.29 is 26.5 Å². The summed E-state index contributed by atoms with van der Waals surface area (Å²) in [5, 5.41) is 0. The molecule has 4 rings (SSSR count). The van der Waals surface area contributed by atoms with Gasteiger partial charge in [-0.3, -0.25) is 0 Å². The number of hydrogen-bond donors (Lipinski definition) is 0. The molecule has 4 nitrogen and oxygen atoms in total. The van der Waals surface area contributed by atoms with Crippen LogP contribution in [-0.4, -0.2) is 75.2 Å². The van der Waals surface area contributed by atoms with E-state index in [2.05, 4.69) is 9.34 Å². The zero-order chi connectivity index (χ0) is 19.8. The van der Waals surface area contributed by atoms with Gasteiger partial charge in [-0.1, -0.05) is 44.9 Å². The second kappa shape index (κ2) is 13.4. The van der Waals surface area contributed by atoms with Crippen LogP contribution in [0.25, 0.3) is 0 Å². The van der Waals surface area contributed by atoms with Crippen LogP contribution < -0.4 is 0 Å². The molecule has 0 aromatic heterocycles. The molecular formula is C22H43BFeN2O2P+. The van der Waals surface area contributed by atoms with E-state index in [0.29, 0.717) is 17.7 Å². The number of hydrogen-bond acceptors (Lipinski definition) is 4. The van der Waals surface area contributed by atoms with Gasteiger partial charge in [0.15, 0.2) is 0 Å². The minimum atomic E-state index is -1.75.